The molecule has 0 unspecified atom stereocenters. The number of phenols is 2. The van der Waals surface area contributed by atoms with Gasteiger partial charge in [-0.25, -0.2) is 4.39 Å². The molecular weight excluding hydrogens is 397 g/mol. The molecule has 1 aliphatic rings. The lowest BCUT2D eigenvalue weighted by Gasteiger charge is -2.25. The number of hydrogen-bond acceptors (Lipinski definition) is 4. The molecule has 6 heteroatoms. The van der Waals surface area contributed by atoms with Crippen molar-refractivity contribution in [3.63, 3.8) is 0 Å². The summed E-state index contributed by atoms with van der Waals surface area (Å²) < 4.78 is 14.9. The number of aryl methyl sites for hydroxylation is 1. The van der Waals surface area contributed by atoms with Crippen LogP contribution in [0.4, 0.5) is 10.1 Å². The molecule has 4 rings (SSSR count). The average molecular weight is 421 g/mol. The standard InChI is InChI=1S/C25H24FNO4/c1-15-11-20(26)21(13-19(15)17-5-3-16(14-28)4-6-17)27(2)24(31)25(9-10-25)18-7-8-22(29)23(30)12-18/h3-8,11-13,28-30H,9-10,14H2,1-2H3. The number of anilines is 1. The predicted molar refractivity (Wildman–Crippen MR) is 117 cm³/mol. The van der Waals surface area contributed by atoms with Crippen LogP contribution in [0.15, 0.2) is 54.6 Å². The van der Waals surface area contributed by atoms with Crippen molar-refractivity contribution in [2.75, 3.05) is 11.9 Å². The Labute approximate surface area is 180 Å². The molecule has 0 aliphatic heterocycles. The van der Waals surface area contributed by atoms with Crippen molar-refractivity contribution in [2.45, 2.75) is 31.8 Å². The maximum Gasteiger partial charge on any atom is 0.237 e. The number of carbonyl (C=O) groups excluding carboxylic acids is 1. The third-order valence-corrected chi connectivity index (χ3v) is 6.09. The number of carbonyl (C=O) groups is 1. The van der Waals surface area contributed by atoms with Gasteiger partial charge in [0.15, 0.2) is 11.5 Å². The normalized spacial score (nSPS) is 14.3. The van der Waals surface area contributed by atoms with Crippen LogP contribution < -0.4 is 4.90 Å². The SMILES string of the molecule is Cc1cc(F)c(N(C)C(=O)C2(c3ccc(O)c(O)c3)CC2)cc1-c1ccc(CO)cc1. The van der Waals surface area contributed by atoms with E-state index in [0.29, 0.717) is 18.4 Å². The number of nitrogens with zero attached hydrogens (tertiary/aromatic N) is 1. The van der Waals surface area contributed by atoms with Gasteiger partial charge in [0.2, 0.25) is 5.91 Å². The van der Waals surface area contributed by atoms with Gasteiger partial charge in [-0.3, -0.25) is 4.79 Å². The smallest absolute Gasteiger partial charge is 0.237 e. The molecule has 0 spiro atoms. The molecule has 31 heavy (non-hydrogen) atoms. The first-order chi connectivity index (χ1) is 14.8. The summed E-state index contributed by atoms with van der Waals surface area (Å²) in [5.74, 6) is -1.29. The second kappa shape index (κ2) is 7.71. The van der Waals surface area contributed by atoms with Gasteiger partial charge in [-0.2, -0.15) is 0 Å². The predicted octanol–water partition coefficient (Wildman–Crippen LogP) is 4.40. The zero-order valence-electron chi connectivity index (χ0n) is 17.4. The highest BCUT2D eigenvalue weighted by atomic mass is 19.1. The first-order valence-electron chi connectivity index (χ1n) is 10.1. The van der Waals surface area contributed by atoms with Crippen LogP contribution in [0.3, 0.4) is 0 Å². The first-order valence-corrected chi connectivity index (χ1v) is 10.1. The number of benzene rings is 3. The molecule has 0 saturated heterocycles. The van der Waals surface area contributed by atoms with Crippen LogP contribution in [0, 0.1) is 12.7 Å². The van der Waals surface area contributed by atoms with E-state index in [4.69, 9.17) is 0 Å². The first kappa shape index (κ1) is 20.9. The molecule has 160 valence electrons. The monoisotopic (exact) mass is 421 g/mol. The molecule has 0 heterocycles. The molecule has 3 aromatic rings. The van der Waals surface area contributed by atoms with Gasteiger partial charge in [-0.1, -0.05) is 30.3 Å². The molecule has 3 N–H and O–H groups in total. The third-order valence-electron chi connectivity index (χ3n) is 6.09. The maximum absolute atomic E-state index is 14.9. The van der Waals surface area contributed by atoms with Crippen LogP contribution in [0.1, 0.15) is 29.5 Å². The average Bonchev–Trinajstić information content (AvgIpc) is 3.57. The van der Waals surface area contributed by atoms with Gasteiger partial charge >= 0.3 is 0 Å². The summed E-state index contributed by atoms with van der Waals surface area (Å²) in [5, 5.41) is 28.7. The van der Waals surface area contributed by atoms with Crippen LogP contribution in [-0.4, -0.2) is 28.3 Å². The highest BCUT2D eigenvalue weighted by molar-refractivity contribution is 6.03. The number of amides is 1. The van der Waals surface area contributed by atoms with Crippen molar-refractivity contribution in [2.24, 2.45) is 0 Å². The van der Waals surface area contributed by atoms with Gasteiger partial charge in [0.1, 0.15) is 5.82 Å². The number of rotatable bonds is 5. The number of phenolic OH excluding ortho intramolecular Hbond substituents is 2. The molecule has 0 radical (unpaired) electrons. The summed E-state index contributed by atoms with van der Waals surface area (Å²) in [6, 6.07) is 14.8. The summed E-state index contributed by atoms with van der Waals surface area (Å²) in [5.41, 5.74) is 3.12. The number of aromatic hydroxyl groups is 2. The van der Waals surface area contributed by atoms with Crippen LogP contribution in [0.5, 0.6) is 11.5 Å². The summed E-state index contributed by atoms with van der Waals surface area (Å²) in [6.45, 7) is 1.76. The zero-order valence-corrected chi connectivity index (χ0v) is 17.4. The molecule has 1 amide bonds. The molecule has 3 aromatic carbocycles. The lowest BCUT2D eigenvalue weighted by atomic mass is 9.93. The Morgan fingerprint density at radius 1 is 1.03 bits per heavy atom. The van der Waals surface area contributed by atoms with E-state index in [0.717, 1.165) is 22.3 Å². The summed E-state index contributed by atoms with van der Waals surface area (Å²) in [4.78, 5) is 14.7. The molecule has 1 saturated carbocycles. The van der Waals surface area contributed by atoms with E-state index in [1.807, 2.05) is 31.2 Å². The minimum Gasteiger partial charge on any atom is -0.504 e. The van der Waals surface area contributed by atoms with Gasteiger partial charge in [0.05, 0.1) is 17.7 Å². The molecule has 1 fully saturated rings. The Morgan fingerprint density at radius 3 is 2.29 bits per heavy atom. The molecule has 0 aromatic heterocycles. The van der Waals surface area contributed by atoms with Gasteiger partial charge < -0.3 is 20.2 Å². The molecule has 1 aliphatic carbocycles. The summed E-state index contributed by atoms with van der Waals surface area (Å²) in [7, 11) is 1.55. The Kier molecular flexibility index (Phi) is 5.19. The lowest BCUT2D eigenvalue weighted by molar-refractivity contribution is -0.120. The fraction of sp³-hybridized carbons (Fsp3) is 0.240. The summed E-state index contributed by atoms with van der Waals surface area (Å²) in [6.07, 6.45) is 1.17. The molecule has 0 bridgehead atoms. The second-order valence-corrected chi connectivity index (χ2v) is 8.12. The molecule has 5 nitrogen and oxygen atoms in total. The van der Waals surface area contributed by atoms with Crippen molar-refractivity contribution < 1.29 is 24.5 Å². The number of hydrogen-bond donors (Lipinski definition) is 3. The minimum absolute atomic E-state index is 0.0555. The van der Waals surface area contributed by atoms with Crippen LogP contribution in [-0.2, 0) is 16.8 Å². The van der Waals surface area contributed by atoms with Crippen molar-refractivity contribution in [3.05, 3.63) is 77.1 Å². The lowest BCUT2D eigenvalue weighted by Crippen LogP contribution is -2.37. The van der Waals surface area contributed by atoms with Gasteiger partial charge in [0.25, 0.3) is 0 Å². The van der Waals surface area contributed by atoms with Crippen molar-refractivity contribution in [3.8, 4) is 22.6 Å². The van der Waals surface area contributed by atoms with Crippen LogP contribution in [0.2, 0.25) is 0 Å². The largest absolute Gasteiger partial charge is 0.504 e. The highest BCUT2D eigenvalue weighted by Crippen LogP contribution is 2.51. The zero-order chi connectivity index (χ0) is 22.3. The van der Waals surface area contributed by atoms with Crippen molar-refractivity contribution in [1.29, 1.82) is 0 Å². The van der Waals surface area contributed by atoms with Gasteiger partial charge in [-0.15, -0.1) is 0 Å². The van der Waals surface area contributed by atoms with E-state index < -0.39 is 11.2 Å². The Morgan fingerprint density at radius 2 is 1.71 bits per heavy atom. The van der Waals surface area contributed by atoms with E-state index in [1.54, 1.807) is 19.2 Å². The van der Waals surface area contributed by atoms with E-state index >= 15 is 0 Å². The topological polar surface area (TPSA) is 81.0 Å². The quantitative estimate of drug-likeness (QED) is 0.534. The van der Waals surface area contributed by atoms with Gasteiger partial charge in [0, 0.05) is 7.05 Å². The number of halogens is 1. The number of aliphatic hydroxyl groups is 1. The van der Waals surface area contributed by atoms with Crippen LogP contribution in [0.25, 0.3) is 11.1 Å². The summed E-state index contributed by atoms with van der Waals surface area (Å²) >= 11 is 0. The fourth-order valence-corrected chi connectivity index (χ4v) is 4.02. The Balaban J connectivity index is 1.70. The second-order valence-electron chi connectivity index (χ2n) is 8.12. The van der Waals surface area contributed by atoms with Gasteiger partial charge in [-0.05, 0) is 71.8 Å². The van der Waals surface area contributed by atoms with Crippen LogP contribution >= 0.6 is 0 Å². The Hall–Kier alpha value is -3.38. The molecule has 0 atom stereocenters. The van der Waals surface area contributed by atoms with E-state index in [2.05, 4.69) is 0 Å². The molecular formula is C25H24FNO4. The maximum atomic E-state index is 14.9. The third kappa shape index (κ3) is 3.64. The van der Waals surface area contributed by atoms with E-state index in [9.17, 15) is 24.5 Å². The van der Waals surface area contributed by atoms with Crippen molar-refractivity contribution >= 4 is 11.6 Å². The number of aliphatic hydroxyl groups excluding tert-OH is 1. The minimum atomic E-state index is -0.833. The van der Waals surface area contributed by atoms with Crippen molar-refractivity contribution in [1.82, 2.24) is 0 Å². The Bertz CT molecular complexity index is 1150. The van der Waals surface area contributed by atoms with E-state index in [-0.39, 0.29) is 29.7 Å². The number of likely N-dealkylation sites (N-methyl/N-ethyl adjacent to an activating group) is 1. The van der Waals surface area contributed by atoms with E-state index in [1.165, 1.54) is 23.1 Å². The highest BCUT2D eigenvalue weighted by Gasteiger charge is 2.53. The fourth-order valence-electron chi connectivity index (χ4n) is 4.02.